The minimum absolute atomic E-state index is 0.261. The average molecular weight is 269 g/mol. The van der Waals surface area contributed by atoms with Gasteiger partial charge in [0.15, 0.2) is 6.79 Å². The van der Waals surface area contributed by atoms with Crippen molar-refractivity contribution >= 4 is 13.8 Å². The van der Waals surface area contributed by atoms with E-state index in [1.165, 1.54) is 0 Å². The zero-order chi connectivity index (χ0) is 13.6. The number of rotatable bonds is 7. The standard InChI is InChI=1S/C13H23NO3Si/c1-15-13-9-11(5-6-12(13)14)17-10-16-7-8-18(2,3)4/h5-6,9H,7-8,10,14H2,1-4H3. The van der Waals surface area contributed by atoms with E-state index in [2.05, 4.69) is 19.6 Å². The smallest absolute Gasteiger partial charge is 0.189 e. The second-order valence-corrected chi connectivity index (χ2v) is 11.0. The van der Waals surface area contributed by atoms with E-state index in [0.29, 0.717) is 17.2 Å². The number of benzene rings is 1. The summed E-state index contributed by atoms with van der Waals surface area (Å²) in [5.41, 5.74) is 6.32. The average Bonchev–Trinajstić information content (AvgIpc) is 2.29. The van der Waals surface area contributed by atoms with Crippen molar-refractivity contribution in [2.45, 2.75) is 25.7 Å². The topological polar surface area (TPSA) is 53.7 Å². The summed E-state index contributed by atoms with van der Waals surface area (Å²) < 4.78 is 16.1. The second kappa shape index (κ2) is 6.66. The van der Waals surface area contributed by atoms with E-state index in [0.717, 1.165) is 12.7 Å². The molecule has 4 nitrogen and oxygen atoms in total. The molecule has 1 aromatic carbocycles. The third-order valence-corrected chi connectivity index (χ3v) is 4.21. The Hall–Kier alpha value is -1.20. The zero-order valence-corrected chi connectivity index (χ0v) is 12.7. The van der Waals surface area contributed by atoms with Crippen LogP contribution in [0, 0.1) is 0 Å². The molecule has 5 heteroatoms. The summed E-state index contributed by atoms with van der Waals surface area (Å²) in [6.07, 6.45) is 0. The molecule has 1 rings (SSSR count). The number of anilines is 1. The van der Waals surface area contributed by atoms with Crippen LogP contribution in [0.5, 0.6) is 11.5 Å². The highest BCUT2D eigenvalue weighted by molar-refractivity contribution is 6.76. The Balaban J connectivity index is 2.31. The Morgan fingerprint density at radius 1 is 1.22 bits per heavy atom. The molecule has 0 aromatic heterocycles. The highest BCUT2D eigenvalue weighted by Gasteiger charge is 2.12. The molecule has 0 fully saturated rings. The lowest BCUT2D eigenvalue weighted by molar-refractivity contribution is 0.0219. The molecule has 0 atom stereocenters. The van der Waals surface area contributed by atoms with E-state index in [9.17, 15) is 0 Å². The zero-order valence-electron chi connectivity index (χ0n) is 11.7. The fourth-order valence-electron chi connectivity index (χ4n) is 1.33. The molecule has 0 unspecified atom stereocenters. The van der Waals surface area contributed by atoms with Crippen LogP contribution in [0.2, 0.25) is 25.7 Å². The minimum Gasteiger partial charge on any atom is -0.494 e. The summed E-state index contributed by atoms with van der Waals surface area (Å²) in [6.45, 7) is 7.98. The molecule has 0 saturated heterocycles. The Morgan fingerprint density at radius 3 is 2.56 bits per heavy atom. The van der Waals surface area contributed by atoms with Crippen molar-refractivity contribution in [2.24, 2.45) is 0 Å². The van der Waals surface area contributed by atoms with Gasteiger partial charge in [-0.1, -0.05) is 19.6 Å². The molecular formula is C13H23NO3Si. The van der Waals surface area contributed by atoms with E-state index in [4.69, 9.17) is 19.9 Å². The van der Waals surface area contributed by atoms with Crippen LogP contribution in [-0.4, -0.2) is 28.6 Å². The fraction of sp³-hybridized carbons (Fsp3) is 0.538. The van der Waals surface area contributed by atoms with Gasteiger partial charge in [-0.25, -0.2) is 0 Å². The second-order valence-electron chi connectivity index (χ2n) is 5.38. The maximum absolute atomic E-state index is 5.72. The SMILES string of the molecule is COc1cc(OCOCC[Si](C)(C)C)ccc1N. The van der Waals surface area contributed by atoms with Gasteiger partial charge in [-0.05, 0) is 18.2 Å². The fourth-order valence-corrected chi connectivity index (χ4v) is 2.08. The molecule has 0 amide bonds. The van der Waals surface area contributed by atoms with Crippen molar-refractivity contribution in [3.8, 4) is 11.5 Å². The Bertz CT molecular complexity index is 377. The summed E-state index contributed by atoms with van der Waals surface area (Å²) in [5.74, 6) is 1.32. The van der Waals surface area contributed by atoms with Crippen molar-refractivity contribution in [1.29, 1.82) is 0 Å². The van der Waals surface area contributed by atoms with E-state index in [1.807, 2.05) is 0 Å². The summed E-state index contributed by atoms with van der Waals surface area (Å²) in [6, 6.07) is 6.47. The monoisotopic (exact) mass is 269 g/mol. The Labute approximate surface area is 110 Å². The van der Waals surface area contributed by atoms with Crippen LogP contribution in [0.15, 0.2) is 18.2 Å². The lowest BCUT2D eigenvalue weighted by Crippen LogP contribution is -2.22. The number of ether oxygens (including phenoxy) is 3. The van der Waals surface area contributed by atoms with Gasteiger partial charge in [0.1, 0.15) is 11.5 Å². The van der Waals surface area contributed by atoms with Crippen molar-refractivity contribution in [3.63, 3.8) is 0 Å². The molecule has 18 heavy (non-hydrogen) atoms. The third-order valence-electron chi connectivity index (χ3n) is 2.51. The van der Waals surface area contributed by atoms with Crippen molar-refractivity contribution in [2.75, 3.05) is 26.2 Å². The molecule has 2 N–H and O–H groups in total. The molecule has 0 aliphatic carbocycles. The Morgan fingerprint density at radius 2 is 1.94 bits per heavy atom. The molecule has 0 bridgehead atoms. The first-order valence-corrected chi connectivity index (χ1v) is 9.77. The van der Waals surface area contributed by atoms with Gasteiger partial charge in [-0.15, -0.1) is 0 Å². The molecule has 0 aliphatic rings. The van der Waals surface area contributed by atoms with Crippen LogP contribution in [-0.2, 0) is 4.74 Å². The number of methoxy groups -OCH3 is 1. The molecule has 0 radical (unpaired) electrons. The molecule has 1 aromatic rings. The quantitative estimate of drug-likeness (QED) is 0.358. The molecule has 0 spiro atoms. The van der Waals surface area contributed by atoms with Crippen LogP contribution in [0.1, 0.15) is 0 Å². The van der Waals surface area contributed by atoms with Gasteiger partial charge in [0.2, 0.25) is 0 Å². The first-order valence-electron chi connectivity index (χ1n) is 6.06. The number of nitrogen functional groups attached to an aromatic ring is 1. The number of nitrogens with two attached hydrogens (primary N) is 1. The summed E-state index contributed by atoms with van der Waals surface area (Å²) in [4.78, 5) is 0. The van der Waals surface area contributed by atoms with Crippen molar-refractivity contribution in [3.05, 3.63) is 18.2 Å². The van der Waals surface area contributed by atoms with Gasteiger partial charge in [0.25, 0.3) is 0 Å². The Kier molecular flexibility index (Phi) is 5.49. The van der Waals surface area contributed by atoms with E-state index >= 15 is 0 Å². The maximum Gasteiger partial charge on any atom is 0.189 e. The number of hydrogen-bond acceptors (Lipinski definition) is 4. The molecule has 0 aliphatic heterocycles. The van der Waals surface area contributed by atoms with Crippen LogP contribution < -0.4 is 15.2 Å². The highest BCUT2D eigenvalue weighted by Crippen LogP contribution is 2.26. The first-order chi connectivity index (χ1) is 8.42. The minimum atomic E-state index is -1.03. The van der Waals surface area contributed by atoms with Crippen molar-refractivity contribution < 1.29 is 14.2 Å². The van der Waals surface area contributed by atoms with Gasteiger partial charge < -0.3 is 19.9 Å². The predicted molar refractivity (Wildman–Crippen MR) is 77.0 cm³/mol. The summed E-state index contributed by atoms with van der Waals surface area (Å²) in [7, 11) is 0.558. The van der Waals surface area contributed by atoms with Crippen LogP contribution >= 0.6 is 0 Å². The van der Waals surface area contributed by atoms with Crippen LogP contribution in [0.3, 0.4) is 0 Å². The lowest BCUT2D eigenvalue weighted by Gasteiger charge is -2.15. The van der Waals surface area contributed by atoms with Crippen LogP contribution in [0.25, 0.3) is 0 Å². The van der Waals surface area contributed by atoms with E-state index in [-0.39, 0.29) is 6.79 Å². The van der Waals surface area contributed by atoms with Gasteiger partial charge in [0.05, 0.1) is 12.8 Å². The van der Waals surface area contributed by atoms with Gasteiger partial charge in [0, 0.05) is 20.7 Å². The number of hydrogen-bond donors (Lipinski definition) is 1. The molecule has 0 heterocycles. The summed E-state index contributed by atoms with van der Waals surface area (Å²) >= 11 is 0. The maximum atomic E-state index is 5.72. The van der Waals surface area contributed by atoms with Crippen LogP contribution in [0.4, 0.5) is 5.69 Å². The van der Waals surface area contributed by atoms with Gasteiger partial charge in [-0.3, -0.25) is 0 Å². The largest absolute Gasteiger partial charge is 0.494 e. The van der Waals surface area contributed by atoms with Gasteiger partial charge >= 0.3 is 0 Å². The van der Waals surface area contributed by atoms with E-state index < -0.39 is 8.07 Å². The normalized spacial score (nSPS) is 11.3. The lowest BCUT2D eigenvalue weighted by atomic mass is 10.3. The third kappa shape index (κ3) is 5.42. The predicted octanol–water partition coefficient (Wildman–Crippen LogP) is 2.97. The highest BCUT2D eigenvalue weighted by atomic mass is 28.3. The van der Waals surface area contributed by atoms with Crippen molar-refractivity contribution in [1.82, 2.24) is 0 Å². The van der Waals surface area contributed by atoms with Gasteiger partial charge in [-0.2, -0.15) is 0 Å². The molecule has 102 valence electrons. The molecule has 0 saturated carbocycles. The first kappa shape index (κ1) is 14.9. The summed E-state index contributed by atoms with van der Waals surface area (Å²) in [5, 5.41) is 0. The van der Waals surface area contributed by atoms with E-state index in [1.54, 1.807) is 25.3 Å². The molecular weight excluding hydrogens is 246 g/mol.